The van der Waals surface area contributed by atoms with E-state index in [0.717, 1.165) is 5.56 Å². The molecule has 4 nitrogen and oxygen atoms in total. The first-order valence-corrected chi connectivity index (χ1v) is 2.88. The van der Waals surface area contributed by atoms with Crippen LogP contribution in [0.1, 0.15) is 5.56 Å². The first kappa shape index (κ1) is 6.80. The summed E-state index contributed by atoms with van der Waals surface area (Å²) in [5, 5.41) is 7.52. The molecule has 4 heteroatoms. The second-order valence-corrected chi connectivity index (χ2v) is 1.86. The summed E-state index contributed by atoms with van der Waals surface area (Å²) in [5.41, 5.74) is 0.935. The maximum atomic E-state index is 4.49. The molecule has 0 unspecified atom stereocenters. The van der Waals surface area contributed by atoms with Crippen molar-refractivity contribution in [1.82, 2.24) is 9.78 Å². The molecule has 1 heterocycles. The third kappa shape index (κ3) is 1.58. The van der Waals surface area contributed by atoms with Crippen molar-refractivity contribution in [2.24, 2.45) is 12.2 Å². The minimum atomic E-state index is 0.935. The quantitative estimate of drug-likeness (QED) is 0.439. The zero-order valence-electron chi connectivity index (χ0n) is 5.98. The molecule has 0 saturated heterocycles. The largest absolute Gasteiger partial charge is 0.399 e. The molecule has 0 N–H and O–H groups in total. The summed E-state index contributed by atoms with van der Waals surface area (Å²) in [6, 6.07) is 0. The number of oxime groups is 1. The second kappa shape index (κ2) is 3.00. The van der Waals surface area contributed by atoms with Gasteiger partial charge in [-0.05, 0) is 0 Å². The molecule has 0 fully saturated rings. The zero-order valence-corrected chi connectivity index (χ0v) is 5.98. The summed E-state index contributed by atoms with van der Waals surface area (Å²) in [4.78, 5) is 4.49. The summed E-state index contributed by atoms with van der Waals surface area (Å²) in [5.74, 6) is 0. The molecule has 1 rings (SSSR count). The van der Waals surface area contributed by atoms with E-state index in [4.69, 9.17) is 0 Å². The summed E-state index contributed by atoms with van der Waals surface area (Å²) in [6.07, 6.45) is 5.16. The summed E-state index contributed by atoms with van der Waals surface area (Å²) < 4.78 is 1.71. The molecular weight excluding hydrogens is 130 g/mol. The van der Waals surface area contributed by atoms with Crippen molar-refractivity contribution in [1.29, 1.82) is 0 Å². The maximum absolute atomic E-state index is 4.49. The fourth-order valence-electron chi connectivity index (χ4n) is 0.620. The third-order valence-electron chi connectivity index (χ3n) is 1.03. The van der Waals surface area contributed by atoms with Gasteiger partial charge in [-0.25, -0.2) is 0 Å². The molecule has 0 aliphatic heterocycles. The number of rotatable bonds is 2. The Bertz CT molecular complexity index is 229. The van der Waals surface area contributed by atoms with Crippen molar-refractivity contribution in [3.63, 3.8) is 0 Å². The molecule has 0 bridgehead atoms. The second-order valence-electron chi connectivity index (χ2n) is 1.86. The van der Waals surface area contributed by atoms with Gasteiger partial charge in [0.25, 0.3) is 0 Å². The van der Waals surface area contributed by atoms with Crippen LogP contribution >= 0.6 is 0 Å². The van der Waals surface area contributed by atoms with Gasteiger partial charge in [0, 0.05) is 18.8 Å². The van der Waals surface area contributed by atoms with Gasteiger partial charge in [0.05, 0.1) is 12.4 Å². The Morgan fingerprint density at radius 2 is 2.60 bits per heavy atom. The van der Waals surface area contributed by atoms with E-state index in [1.165, 1.54) is 7.11 Å². The van der Waals surface area contributed by atoms with Crippen molar-refractivity contribution in [3.05, 3.63) is 18.0 Å². The minimum Gasteiger partial charge on any atom is -0.399 e. The topological polar surface area (TPSA) is 39.4 Å². The lowest BCUT2D eigenvalue weighted by Gasteiger charge is -1.82. The summed E-state index contributed by atoms with van der Waals surface area (Å²) in [7, 11) is 3.36. The summed E-state index contributed by atoms with van der Waals surface area (Å²) >= 11 is 0. The van der Waals surface area contributed by atoms with Crippen LogP contribution in [0, 0.1) is 0 Å². The molecule has 0 spiro atoms. The number of nitrogens with zero attached hydrogens (tertiary/aromatic N) is 3. The van der Waals surface area contributed by atoms with E-state index in [-0.39, 0.29) is 0 Å². The number of aromatic nitrogens is 2. The Hall–Kier alpha value is -1.32. The van der Waals surface area contributed by atoms with Crippen LogP contribution in [0.2, 0.25) is 0 Å². The van der Waals surface area contributed by atoms with Crippen LogP contribution in [0.25, 0.3) is 0 Å². The van der Waals surface area contributed by atoms with Crippen LogP contribution in [-0.4, -0.2) is 23.1 Å². The van der Waals surface area contributed by atoms with Crippen molar-refractivity contribution in [2.75, 3.05) is 7.11 Å². The first-order chi connectivity index (χ1) is 4.83. The fraction of sp³-hybridized carbons (Fsp3) is 0.333. The summed E-state index contributed by atoms with van der Waals surface area (Å²) in [6.45, 7) is 0. The Balaban J connectivity index is 2.67. The smallest absolute Gasteiger partial charge is 0.106 e. The van der Waals surface area contributed by atoms with Crippen LogP contribution in [0.5, 0.6) is 0 Å². The highest BCUT2D eigenvalue weighted by Crippen LogP contribution is 1.90. The first-order valence-electron chi connectivity index (χ1n) is 2.88. The zero-order chi connectivity index (χ0) is 7.40. The Morgan fingerprint density at radius 1 is 1.80 bits per heavy atom. The van der Waals surface area contributed by atoms with Gasteiger partial charge in [-0.1, -0.05) is 5.16 Å². The highest BCUT2D eigenvalue weighted by atomic mass is 16.6. The highest BCUT2D eigenvalue weighted by Gasteiger charge is 1.88. The van der Waals surface area contributed by atoms with E-state index in [2.05, 4.69) is 15.1 Å². The SMILES string of the molecule is CO/N=C/c1cnn(C)c1. The molecule has 0 amide bonds. The van der Waals surface area contributed by atoms with Crippen LogP contribution < -0.4 is 0 Å². The monoisotopic (exact) mass is 139 g/mol. The van der Waals surface area contributed by atoms with Gasteiger partial charge in [-0.15, -0.1) is 0 Å². The van der Waals surface area contributed by atoms with E-state index in [0.29, 0.717) is 0 Å². The van der Waals surface area contributed by atoms with Crippen LogP contribution in [0.15, 0.2) is 17.5 Å². The lowest BCUT2D eigenvalue weighted by Crippen LogP contribution is -1.84. The van der Waals surface area contributed by atoms with E-state index in [1.807, 2.05) is 13.2 Å². The fourth-order valence-corrected chi connectivity index (χ4v) is 0.620. The predicted octanol–water partition coefficient (Wildman–Crippen LogP) is 0.400. The van der Waals surface area contributed by atoms with Gasteiger partial charge in [-0.3, -0.25) is 4.68 Å². The normalized spacial score (nSPS) is 10.6. The molecule has 1 aromatic heterocycles. The van der Waals surface area contributed by atoms with Gasteiger partial charge in [0.2, 0.25) is 0 Å². The molecule has 54 valence electrons. The van der Waals surface area contributed by atoms with E-state index in [9.17, 15) is 0 Å². The van der Waals surface area contributed by atoms with Crippen molar-refractivity contribution >= 4 is 6.21 Å². The van der Waals surface area contributed by atoms with E-state index >= 15 is 0 Å². The lowest BCUT2D eigenvalue weighted by molar-refractivity contribution is 0.215. The van der Waals surface area contributed by atoms with Gasteiger partial charge >= 0.3 is 0 Å². The average Bonchev–Trinajstić information content (AvgIpc) is 2.31. The van der Waals surface area contributed by atoms with Crippen LogP contribution in [0.4, 0.5) is 0 Å². The number of hydrogen-bond donors (Lipinski definition) is 0. The molecule has 10 heavy (non-hydrogen) atoms. The molecule has 0 aliphatic rings. The van der Waals surface area contributed by atoms with E-state index < -0.39 is 0 Å². The highest BCUT2D eigenvalue weighted by molar-refractivity contribution is 5.78. The van der Waals surface area contributed by atoms with Gasteiger partial charge < -0.3 is 4.84 Å². The van der Waals surface area contributed by atoms with Gasteiger partial charge in [0.15, 0.2) is 0 Å². The number of hydrogen-bond acceptors (Lipinski definition) is 3. The average molecular weight is 139 g/mol. The number of aryl methyl sites for hydroxylation is 1. The van der Waals surface area contributed by atoms with Crippen molar-refractivity contribution in [3.8, 4) is 0 Å². The maximum Gasteiger partial charge on any atom is 0.106 e. The van der Waals surface area contributed by atoms with Crippen LogP contribution in [0.3, 0.4) is 0 Å². The lowest BCUT2D eigenvalue weighted by atomic mass is 10.4. The minimum absolute atomic E-state index is 0.935. The Labute approximate surface area is 59.1 Å². The van der Waals surface area contributed by atoms with E-state index in [1.54, 1.807) is 17.1 Å². The third-order valence-corrected chi connectivity index (χ3v) is 1.03. The van der Waals surface area contributed by atoms with Gasteiger partial charge in [-0.2, -0.15) is 5.10 Å². The molecule has 0 aliphatic carbocycles. The molecule has 0 aromatic carbocycles. The Kier molecular flexibility index (Phi) is 2.04. The standard InChI is InChI=1S/C6H9N3O/c1-9-5-6(3-7-9)4-8-10-2/h3-5H,1-2H3/b8-4+. The Morgan fingerprint density at radius 3 is 3.10 bits per heavy atom. The van der Waals surface area contributed by atoms with Crippen LogP contribution in [-0.2, 0) is 11.9 Å². The molecule has 0 saturated carbocycles. The molecule has 0 atom stereocenters. The van der Waals surface area contributed by atoms with Crippen molar-refractivity contribution in [2.45, 2.75) is 0 Å². The predicted molar refractivity (Wildman–Crippen MR) is 37.8 cm³/mol. The van der Waals surface area contributed by atoms with Gasteiger partial charge in [0.1, 0.15) is 7.11 Å². The van der Waals surface area contributed by atoms with Crippen molar-refractivity contribution < 1.29 is 4.84 Å². The molecular formula is C6H9N3O. The molecule has 0 radical (unpaired) electrons. The molecule has 1 aromatic rings.